The van der Waals surface area contributed by atoms with Gasteiger partial charge < -0.3 is 9.47 Å². The van der Waals surface area contributed by atoms with Gasteiger partial charge in [-0.15, -0.1) is 0 Å². The maximum atomic E-state index is 10.5. The van der Waals surface area contributed by atoms with Crippen LogP contribution in [0.3, 0.4) is 0 Å². The van der Waals surface area contributed by atoms with Gasteiger partial charge in [-0.2, -0.15) is 0 Å². The van der Waals surface area contributed by atoms with E-state index < -0.39 is 11.6 Å². The first-order valence-electron chi connectivity index (χ1n) is 4.71. The van der Waals surface area contributed by atoms with Crippen LogP contribution in [0.25, 0.3) is 0 Å². The van der Waals surface area contributed by atoms with Gasteiger partial charge in [0.2, 0.25) is 6.29 Å². The smallest absolute Gasteiger partial charge is 0.366 e. The molecule has 0 N–H and O–H groups in total. The molecule has 0 aromatic carbocycles. The Morgan fingerprint density at radius 1 is 1.38 bits per heavy atom. The van der Waals surface area contributed by atoms with Crippen molar-refractivity contribution in [1.29, 1.82) is 0 Å². The van der Waals surface area contributed by atoms with Crippen molar-refractivity contribution in [3.63, 3.8) is 0 Å². The summed E-state index contributed by atoms with van der Waals surface area (Å²) in [5, 5.41) is -0.574. The second-order valence-electron chi connectivity index (χ2n) is 2.83. The van der Waals surface area contributed by atoms with Crippen LogP contribution < -0.4 is 0 Å². The summed E-state index contributed by atoms with van der Waals surface area (Å²) >= 11 is 3.53. The molecule has 0 aromatic rings. The van der Waals surface area contributed by atoms with Gasteiger partial charge in [0, 0.05) is 6.42 Å². The van der Waals surface area contributed by atoms with E-state index in [-0.39, 0.29) is 0 Å². The highest BCUT2D eigenvalue weighted by atomic mass is 32.1. The van der Waals surface area contributed by atoms with E-state index in [1.807, 2.05) is 6.92 Å². The third kappa shape index (κ3) is 8.12. The SMILES string of the molecule is CCCCOC(CCC)OC(=O)S. The summed E-state index contributed by atoms with van der Waals surface area (Å²) in [5.74, 6) is 0. The average molecular weight is 206 g/mol. The molecule has 0 aromatic heterocycles. The molecule has 0 aliphatic carbocycles. The molecule has 0 aliphatic rings. The summed E-state index contributed by atoms with van der Waals surface area (Å²) in [7, 11) is 0. The zero-order valence-electron chi connectivity index (χ0n) is 8.28. The van der Waals surface area contributed by atoms with Gasteiger partial charge in [0.25, 0.3) is 0 Å². The van der Waals surface area contributed by atoms with Crippen LogP contribution in [0.5, 0.6) is 0 Å². The second-order valence-corrected chi connectivity index (χ2v) is 3.19. The monoisotopic (exact) mass is 206 g/mol. The minimum absolute atomic E-state index is 0.415. The van der Waals surface area contributed by atoms with Crippen LogP contribution in [0, 0.1) is 0 Å². The van der Waals surface area contributed by atoms with Gasteiger partial charge in [-0.05, 0) is 6.42 Å². The average Bonchev–Trinajstić information content (AvgIpc) is 2.04. The van der Waals surface area contributed by atoms with E-state index >= 15 is 0 Å². The van der Waals surface area contributed by atoms with Gasteiger partial charge >= 0.3 is 5.30 Å². The Hall–Kier alpha value is -0.220. The molecule has 0 heterocycles. The molecule has 0 saturated heterocycles. The molecule has 3 nitrogen and oxygen atoms in total. The van der Waals surface area contributed by atoms with Crippen LogP contribution in [-0.2, 0) is 9.47 Å². The zero-order valence-corrected chi connectivity index (χ0v) is 9.18. The van der Waals surface area contributed by atoms with E-state index in [0.717, 1.165) is 25.7 Å². The lowest BCUT2D eigenvalue weighted by Gasteiger charge is -2.15. The molecule has 0 aliphatic heterocycles. The van der Waals surface area contributed by atoms with Crippen molar-refractivity contribution in [1.82, 2.24) is 0 Å². The number of ether oxygens (including phenoxy) is 2. The van der Waals surface area contributed by atoms with Crippen molar-refractivity contribution in [3.05, 3.63) is 0 Å². The predicted molar refractivity (Wildman–Crippen MR) is 55.0 cm³/mol. The largest absolute Gasteiger partial charge is 0.428 e. The highest BCUT2D eigenvalue weighted by Gasteiger charge is 2.10. The second kappa shape index (κ2) is 8.38. The maximum absolute atomic E-state index is 10.5. The number of thiol groups is 1. The Morgan fingerprint density at radius 3 is 2.54 bits per heavy atom. The lowest BCUT2D eigenvalue weighted by atomic mass is 10.3. The van der Waals surface area contributed by atoms with Gasteiger partial charge in [-0.1, -0.05) is 39.3 Å². The Kier molecular flexibility index (Phi) is 8.24. The third-order valence-electron chi connectivity index (χ3n) is 1.56. The van der Waals surface area contributed by atoms with Crippen molar-refractivity contribution < 1.29 is 14.3 Å². The lowest BCUT2D eigenvalue weighted by Crippen LogP contribution is -2.18. The normalized spacial score (nSPS) is 12.5. The van der Waals surface area contributed by atoms with E-state index in [0.29, 0.717) is 6.61 Å². The predicted octanol–water partition coefficient (Wildman–Crippen LogP) is 3.00. The van der Waals surface area contributed by atoms with Crippen LogP contribution in [-0.4, -0.2) is 18.2 Å². The van der Waals surface area contributed by atoms with Gasteiger partial charge in [0.1, 0.15) is 0 Å². The highest BCUT2D eigenvalue weighted by molar-refractivity contribution is 7.96. The van der Waals surface area contributed by atoms with Crippen LogP contribution in [0.2, 0.25) is 0 Å². The number of hydrogen-bond donors (Lipinski definition) is 1. The van der Waals surface area contributed by atoms with Gasteiger partial charge in [-0.25, -0.2) is 4.79 Å². The van der Waals surface area contributed by atoms with Crippen molar-refractivity contribution in [2.75, 3.05) is 6.61 Å². The fourth-order valence-corrected chi connectivity index (χ4v) is 1.00. The zero-order chi connectivity index (χ0) is 10.1. The number of carbonyl (C=O) groups excluding carboxylic acids is 1. The molecule has 0 fully saturated rings. The van der Waals surface area contributed by atoms with Crippen LogP contribution in [0.15, 0.2) is 0 Å². The van der Waals surface area contributed by atoms with Gasteiger partial charge in [0.15, 0.2) is 0 Å². The molecule has 0 radical (unpaired) electrons. The molecular formula is C9H18O3S. The van der Waals surface area contributed by atoms with E-state index in [1.54, 1.807) is 0 Å². The van der Waals surface area contributed by atoms with Crippen LogP contribution >= 0.6 is 12.6 Å². The number of hydrogen-bond acceptors (Lipinski definition) is 3. The lowest BCUT2D eigenvalue weighted by molar-refractivity contribution is -0.101. The Balaban J connectivity index is 3.59. The topological polar surface area (TPSA) is 35.5 Å². The van der Waals surface area contributed by atoms with E-state index in [1.165, 1.54) is 0 Å². The Bertz CT molecular complexity index is 139. The molecule has 78 valence electrons. The van der Waals surface area contributed by atoms with E-state index in [9.17, 15) is 4.79 Å². The van der Waals surface area contributed by atoms with Crippen molar-refractivity contribution >= 4 is 17.9 Å². The summed E-state index contributed by atoms with van der Waals surface area (Å²) in [6.45, 7) is 4.74. The van der Waals surface area contributed by atoms with E-state index in [4.69, 9.17) is 9.47 Å². The molecule has 0 rings (SSSR count). The first-order valence-corrected chi connectivity index (χ1v) is 5.16. The van der Waals surface area contributed by atoms with Crippen molar-refractivity contribution in [2.45, 2.75) is 45.8 Å². The first kappa shape index (κ1) is 12.8. The quantitative estimate of drug-likeness (QED) is 0.301. The van der Waals surface area contributed by atoms with E-state index in [2.05, 4.69) is 19.6 Å². The van der Waals surface area contributed by atoms with Crippen LogP contribution in [0.1, 0.15) is 39.5 Å². The summed E-state index contributed by atoms with van der Waals surface area (Å²) in [6.07, 6.45) is 3.31. The van der Waals surface area contributed by atoms with Crippen LogP contribution in [0.4, 0.5) is 4.79 Å². The molecule has 4 heteroatoms. The summed E-state index contributed by atoms with van der Waals surface area (Å²) in [4.78, 5) is 10.5. The maximum Gasteiger partial charge on any atom is 0.366 e. The number of rotatable bonds is 7. The Morgan fingerprint density at radius 2 is 2.08 bits per heavy atom. The number of carbonyl (C=O) groups is 1. The highest BCUT2D eigenvalue weighted by Crippen LogP contribution is 2.07. The third-order valence-corrected chi connectivity index (χ3v) is 1.66. The molecule has 0 amide bonds. The molecule has 0 spiro atoms. The molecule has 1 unspecified atom stereocenters. The number of unbranched alkanes of at least 4 members (excludes halogenated alkanes) is 1. The molecule has 13 heavy (non-hydrogen) atoms. The summed E-state index contributed by atoms with van der Waals surface area (Å²) in [6, 6.07) is 0. The Labute approximate surface area is 85.2 Å². The summed E-state index contributed by atoms with van der Waals surface area (Å²) < 4.78 is 10.2. The molecule has 0 saturated carbocycles. The molecule has 1 atom stereocenters. The fourth-order valence-electron chi connectivity index (χ4n) is 0.884. The first-order chi connectivity index (χ1) is 6.20. The van der Waals surface area contributed by atoms with Gasteiger partial charge in [-0.3, -0.25) is 0 Å². The standard InChI is InChI=1S/C9H18O3S/c1-3-5-7-11-8(6-4-2)12-9(10)13/h8H,3-7H2,1-2H3,(H,10,13). The van der Waals surface area contributed by atoms with Gasteiger partial charge in [0.05, 0.1) is 6.61 Å². The van der Waals surface area contributed by atoms with Crippen molar-refractivity contribution in [3.8, 4) is 0 Å². The molecular weight excluding hydrogens is 188 g/mol. The molecule has 0 bridgehead atoms. The van der Waals surface area contributed by atoms with Crippen molar-refractivity contribution in [2.24, 2.45) is 0 Å². The minimum atomic E-state index is -0.574. The fraction of sp³-hybridized carbons (Fsp3) is 0.889. The summed E-state index contributed by atoms with van der Waals surface area (Å²) in [5.41, 5.74) is 0. The minimum Gasteiger partial charge on any atom is -0.428 e.